The molecule has 44 heavy (non-hydrogen) atoms. The first-order valence-corrected chi connectivity index (χ1v) is 16.6. The van der Waals surface area contributed by atoms with E-state index in [0.717, 1.165) is 38.5 Å². The van der Waals surface area contributed by atoms with Crippen LogP contribution in [0.15, 0.2) is 4.99 Å². The fourth-order valence-corrected chi connectivity index (χ4v) is 4.40. The van der Waals surface area contributed by atoms with E-state index in [9.17, 15) is 24.0 Å². The summed E-state index contributed by atoms with van der Waals surface area (Å²) >= 11 is 0. The van der Waals surface area contributed by atoms with Crippen LogP contribution in [0.25, 0.3) is 0 Å². The Balaban J connectivity index is 4.90. The molecule has 0 aromatic rings. The fourth-order valence-electron chi connectivity index (χ4n) is 4.40. The smallest absolute Gasteiger partial charge is 0.434 e. The minimum atomic E-state index is -1.52. The van der Waals surface area contributed by atoms with Gasteiger partial charge in [-0.3, -0.25) is 19.7 Å². The summed E-state index contributed by atoms with van der Waals surface area (Å²) in [7, 11) is 0. The molecule has 0 saturated heterocycles. The molecule has 0 fully saturated rings. The normalized spacial score (nSPS) is 12.2. The molecule has 12 heteroatoms. The molecular weight excluding hydrogens is 566 g/mol. The number of Topliss-reactive ketones (excluding diaryl/α,β-unsaturated/α-hetero) is 1. The standard InChI is InChI=1S/C32H59N5O7/c1-6-8-10-12-13-14-15-16-17-19-23-33-27(39)25(35-28(40)26(38)22-18-11-9-7-2)21-20-24-34-29(36-30(41)42)37-31(43)44-32(3,4)5/h25H,6-24H2,1-5H3,(H,33,39)(H,35,40)(H,41,42)(H2,34,36,37,43)/t25-/m0/s1. The Morgan fingerprint density at radius 3 is 1.80 bits per heavy atom. The molecule has 0 aromatic carbocycles. The van der Waals surface area contributed by atoms with E-state index in [4.69, 9.17) is 9.84 Å². The lowest BCUT2D eigenvalue weighted by Crippen LogP contribution is -2.49. The van der Waals surface area contributed by atoms with E-state index in [1.807, 2.05) is 0 Å². The third-order valence-electron chi connectivity index (χ3n) is 6.75. The van der Waals surface area contributed by atoms with Crippen LogP contribution < -0.4 is 21.3 Å². The number of nitrogens with zero attached hydrogens (tertiary/aromatic N) is 1. The van der Waals surface area contributed by atoms with E-state index in [-0.39, 0.29) is 31.3 Å². The lowest BCUT2D eigenvalue weighted by molar-refractivity contribution is -0.139. The summed E-state index contributed by atoms with van der Waals surface area (Å²) in [4.78, 5) is 64.4. The maximum atomic E-state index is 13.0. The number of alkyl carbamates (subject to hydrolysis) is 1. The van der Waals surface area contributed by atoms with Gasteiger partial charge in [0.15, 0.2) is 0 Å². The van der Waals surface area contributed by atoms with Crippen molar-refractivity contribution in [2.24, 2.45) is 4.99 Å². The van der Waals surface area contributed by atoms with Crippen molar-refractivity contribution in [1.29, 1.82) is 0 Å². The van der Waals surface area contributed by atoms with Crippen molar-refractivity contribution in [3.63, 3.8) is 0 Å². The zero-order valence-electron chi connectivity index (χ0n) is 27.9. The third-order valence-corrected chi connectivity index (χ3v) is 6.75. The Bertz CT molecular complexity index is 887. The van der Waals surface area contributed by atoms with Crippen LogP contribution in [0.1, 0.15) is 144 Å². The number of rotatable bonds is 23. The zero-order chi connectivity index (χ0) is 33.2. The van der Waals surface area contributed by atoms with Gasteiger partial charge in [-0.25, -0.2) is 9.59 Å². The Hall–Kier alpha value is -3.18. The molecule has 0 unspecified atom stereocenters. The molecule has 0 bridgehead atoms. The Kier molecular flexibility index (Phi) is 23.4. The number of ether oxygens (including phenoxy) is 1. The van der Waals surface area contributed by atoms with Crippen LogP contribution in [0.4, 0.5) is 9.59 Å². The van der Waals surface area contributed by atoms with E-state index < -0.39 is 35.5 Å². The number of carboxylic acid groups (broad SMARTS) is 1. The molecule has 0 aromatic heterocycles. The molecule has 0 rings (SSSR count). The second-order valence-electron chi connectivity index (χ2n) is 12.2. The van der Waals surface area contributed by atoms with Gasteiger partial charge in [-0.1, -0.05) is 90.9 Å². The zero-order valence-corrected chi connectivity index (χ0v) is 27.9. The van der Waals surface area contributed by atoms with E-state index >= 15 is 0 Å². The van der Waals surface area contributed by atoms with Crippen molar-refractivity contribution >= 4 is 35.7 Å². The first kappa shape index (κ1) is 40.8. The van der Waals surface area contributed by atoms with E-state index in [1.165, 1.54) is 44.9 Å². The Morgan fingerprint density at radius 2 is 1.25 bits per heavy atom. The third kappa shape index (κ3) is 24.3. The number of aliphatic imine (C=N–C) groups is 1. The van der Waals surface area contributed by atoms with Gasteiger partial charge < -0.3 is 25.8 Å². The van der Waals surface area contributed by atoms with Crippen LogP contribution in [0.3, 0.4) is 0 Å². The minimum absolute atomic E-state index is 0.130. The van der Waals surface area contributed by atoms with Crippen molar-refractivity contribution in [2.45, 2.75) is 155 Å². The number of ketones is 1. The summed E-state index contributed by atoms with van der Waals surface area (Å²) in [5.41, 5.74) is -0.793. The Labute approximate surface area is 264 Å². The molecule has 254 valence electrons. The van der Waals surface area contributed by atoms with Crippen molar-refractivity contribution in [1.82, 2.24) is 21.3 Å². The van der Waals surface area contributed by atoms with E-state index in [2.05, 4.69) is 40.1 Å². The molecule has 12 nitrogen and oxygen atoms in total. The van der Waals surface area contributed by atoms with Gasteiger partial charge in [-0.2, -0.15) is 0 Å². The van der Waals surface area contributed by atoms with Gasteiger partial charge in [0.2, 0.25) is 17.6 Å². The summed E-state index contributed by atoms with van der Waals surface area (Å²) in [5, 5.41) is 19.5. The number of nitrogens with one attached hydrogen (secondary N) is 4. The molecule has 1 atom stereocenters. The van der Waals surface area contributed by atoms with Crippen LogP contribution in [0, 0.1) is 0 Å². The van der Waals surface area contributed by atoms with Gasteiger partial charge in [-0.15, -0.1) is 4.99 Å². The monoisotopic (exact) mass is 625 g/mol. The van der Waals surface area contributed by atoms with Crippen LogP contribution in [0.5, 0.6) is 0 Å². The molecular formula is C32H59N5O7. The van der Waals surface area contributed by atoms with Gasteiger partial charge in [0.05, 0.1) is 0 Å². The number of guanidine groups is 1. The predicted molar refractivity (Wildman–Crippen MR) is 173 cm³/mol. The van der Waals surface area contributed by atoms with Crippen LogP contribution in [-0.4, -0.2) is 65.6 Å². The van der Waals surface area contributed by atoms with Crippen LogP contribution in [-0.2, 0) is 19.1 Å². The van der Waals surface area contributed by atoms with Crippen LogP contribution in [0.2, 0.25) is 0 Å². The van der Waals surface area contributed by atoms with Crippen molar-refractivity contribution < 1.29 is 33.8 Å². The SMILES string of the molecule is CCCCCCCCCCCCNC(=O)[C@H](CCCN/C(=N\C(=O)O)NC(=O)OC(C)(C)C)NC(=O)C(=O)CCCCCC. The van der Waals surface area contributed by atoms with Crippen molar-refractivity contribution in [3.05, 3.63) is 0 Å². The average molecular weight is 626 g/mol. The van der Waals surface area contributed by atoms with Gasteiger partial charge in [0, 0.05) is 19.5 Å². The van der Waals surface area contributed by atoms with E-state index in [1.54, 1.807) is 20.8 Å². The van der Waals surface area contributed by atoms with Gasteiger partial charge in [0.25, 0.3) is 5.91 Å². The lowest BCUT2D eigenvalue weighted by Gasteiger charge is -2.20. The number of amides is 4. The molecule has 0 heterocycles. The predicted octanol–water partition coefficient (Wildman–Crippen LogP) is 5.98. The first-order chi connectivity index (χ1) is 20.9. The van der Waals surface area contributed by atoms with Gasteiger partial charge in [-0.05, 0) is 46.5 Å². The highest BCUT2D eigenvalue weighted by Crippen LogP contribution is 2.11. The minimum Gasteiger partial charge on any atom is -0.463 e. The lowest BCUT2D eigenvalue weighted by atomic mass is 10.1. The quantitative estimate of drug-likeness (QED) is 0.0399. The highest BCUT2D eigenvalue weighted by molar-refractivity contribution is 6.36. The molecule has 0 aliphatic rings. The number of carbonyl (C=O) groups excluding carboxylic acids is 4. The molecule has 0 aliphatic heterocycles. The van der Waals surface area contributed by atoms with Crippen LogP contribution >= 0.6 is 0 Å². The number of hydrogen-bond donors (Lipinski definition) is 5. The number of hydrogen-bond acceptors (Lipinski definition) is 6. The molecule has 0 saturated carbocycles. The maximum absolute atomic E-state index is 13.0. The summed E-state index contributed by atoms with van der Waals surface area (Å²) in [6, 6.07) is -0.939. The number of carbonyl (C=O) groups is 5. The van der Waals surface area contributed by atoms with E-state index in [0.29, 0.717) is 19.4 Å². The summed E-state index contributed by atoms with van der Waals surface area (Å²) < 4.78 is 5.13. The highest BCUT2D eigenvalue weighted by atomic mass is 16.6. The summed E-state index contributed by atoms with van der Waals surface area (Å²) in [6.07, 6.45) is 13.5. The summed E-state index contributed by atoms with van der Waals surface area (Å²) in [5.74, 6) is -2.03. The van der Waals surface area contributed by atoms with Crippen molar-refractivity contribution in [3.8, 4) is 0 Å². The topological polar surface area (TPSA) is 175 Å². The Morgan fingerprint density at radius 1 is 0.727 bits per heavy atom. The van der Waals surface area contributed by atoms with Crippen molar-refractivity contribution in [2.75, 3.05) is 13.1 Å². The molecule has 0 radical (unpaired) electrons. The molecule has 5 N–H and O–H groups in total. The molecule has 0 aliphatic carbocycles. The molecule has 4 amide bonds. The number of unbranched alkanes of at least 4 members (excludes halogenated alkanes) is 12. The second kappa shape index (κ2) is 25.2. The summed E-state index contributed by atoms with van der Waals surface area (Å²) in [6.45, 7) is 9.88. The van der Waals surface area contributed by atoms with Gasteiger partial charge in [0.1, 0.15) is 11.6 Å². The second-order valence-corrected chi connectivity index (χ2v) is 12.2. The average Bonchev–Trinajstić information content (AvgIpc) is 2.93. The van der Waals surface area contributed by atoms with Gasteiger partial charge >= 0.3 is 12.2 Å². The highest BCUT2D eigenvalue weighted by Gasteiger charge is 2.24. The molecule has 0 spiro atoms. The fraction of sp³-hybridized carbons (Fsp3) is 0.812. The first-order valence-electron chi connectivity index (χ1n) is 16.6. The maximum Gasteiger partial charge on any atom is 0.434 e. The largest absolute Gasteiger partial charge is 0.463 e.